The van der Waals surface area contributed by atoms with Gasteiger partial charge >= 0.3 is 0 Å². The average molecular weight is 248 g/mol. The Balaban J connectivity index is 2.44. The van der Waals surface area contributed by atoms with E-state index >= 15 is 0 Å². The zero-order valence-corrected chi connectivity index (χ0v) is 9.54. The molecule has 0 saturated carbocycles. The molecule has 17 heavy (non-hydrogen) atoms. The quantitative estimate of drug-likeness (QED) is 0.481. The summed E-state index contributed by atoms with van der Waals surface area (Å²) in [6.45, 7) is 0. The number of halogens is 1. The highest BCUT2D eigenvalue weighted by Crippen LogP contribution is 2.18. The third kappa shape index (κ3) is 2.54. The molecular weight excluding hydrogens is 239 g/mol. The van der Waals surface area contributed by atoms with Crippen LogP contribution in [-0.4, -0.2) is 16.3 Å². The minimum atomic E-state index is -0.290. The number of benzene rings is 1. The monoisotopic (exact) mass is 248 g/mol. The number of hydrogen-bond acceptors (Lipinski definition) is 3. The molecule has 1 heterocycles. The van der Waals surface area contributed by atoms with Crippen molar-refractivity contribution in [1.29, 1.82) is 0 Å². The highest BCUT2D eigenvalue weighted by molar-refractivity contribution is 7.80. The summed E-state index contributed by atoms with van der Waals surface area (Å²) in [4.78, 5) is 4.10. The number of thiocarbonyl (C=S) groups is 1. The molecule has 2 aromatic rings. The van der Waals surface area contributed by atoms with Crippen molar-refractivity contribution in [2.75, 3.05) is 0 Å². The highest BCUT2D eigenvalue weighted by Gasteiger charge is 2.03. The van der Waals surface area contributed by atoms with Crippen molar-refractivity contribution in [1.82, 2.24) is 10.4 Å². The molecule has 0 atom stereocenters. The van der Waals surface area contributed by atoms with Gasteiger partial charge in [0.05, 0.1) is 11.9 Å². The van der Waals surface area contributed by atoms with E-state index in [2.05, 4.69) is 27.7 Å². The molecule has 2 rings (SSSR count). The lowest BCUT2D eigenvalue weighted by atomic mass is 10.1. The van der Waals surface area contributed by atoms with Crippen LogP contribution in [0.5, 0.6) is 0 Å². The number of nitrogens with zero attached hydrogens (tertiary/aromatic N) is 2. The third-order valence-corrected chi connectivity index (χ3v) is 2.24. The van der Waals surface area contributed by atoms with Crippen LogP contribution in [-0.2, 0) is 0 Å². The van der Waals surface area contributed by atoms with Gasteiger partial charge in [0.15, 0.2) is 5.11 Å². The molecule has 0 amide bonds. The lowest BCUT2D eigenvalue weighted by molar-refractivity contribution is 0.640. The van der Waals surface area contributed by atoms with E-state index in [9.17, 15) is 4.39 Å². The SMILES string of the molecule is NC(=S)NN=Cc1nccc2c(F)cccc12. The van der Waals surface area contributed by atoms with Crippen LogP contribution in [0.25, 0.3) is 10.8 Å². The van der Waals surface area contributed by atoms with Crippen LogP contribution in [0, 0.1) is 5.82 Å². The summed E-state index contributed by atoms with van der Waals surface area (Å²) >= 11 is 4.60. The van der Waals surface area contributed by atoms with E-state index in [1.54, 1.807) is 18.2 Å². The second-order valence-corrected chi connectivity index (χ2v) is 3.71. The highest BCUT2D eigenvalue weighted by atomic mass is 32.1. The fourth-order valence-corrected chi connectivity index (χ4v) is 1.50. The van der Waals surface area contributed by atoms with Gasteiger partial charge in [-0.1, -0.05) is 12.1 Å². The first-order valence-corrected chi connectivity index (χ1v) is 5.21. The topological polar surface area (TPSA) is 63.3 Å². The van der Waals surface area contributed by atoms with E-state index in [1.807, 2.05) is 0 Å². The van der Waals surface area contributed by atoms with Gasteiger partial charge in [0.2, 0.25) is 0 Å². The normalized spacial score (nSPS) is 10.9. The maximum atomic E-state index is 13.5. The predicted molar refractivity (Wildman–Crippen MR) is 69.2 cm³/mol. The van der Waals surface area contributed by atoms with Crippen molar-refractivity contribution in [3.8, 4) is 0 Å². The number of pyridine rings is 1. The van der Waals surface area contributed by atoms with Crippen LogP contribution >= 0.6 is 12.2 Å². The largest absolute Gasteiger partial charge is 0.375 e. The van der Waals surface area contributed by atoms with Crippen LogP contribution in [0.15, 0.2) is 35.6 Å². The number of fused-ring (bicyclic) bond motifs is 1. The predicted octanol–water partition coefficient (Wildman–Crippen LogP) is 1.54. The molecular formula is C11H9FN4S. The molecule has 0 unspecified atom stereocenters. The summed E-state index contributed by atoms with van der Waals surface area (Å²) in [7, 11) is 0. The van der Waals surface area contributed by atoms with Gasteiger partial charge in [0.1, 0.15) is 5.82 Å². The van der Waals surface area contributed by atoms with Gasteiger partial charge in [-0.3, -0.25) is 10.4 Å². The van der Waals surface area contributed by atoms with Crippen LogP contribution in [0.3, 0.4) is 0 Å². The number of hydrogen-bond donors (Lipinski definition) is 2. The minimum Gasteiger partial charge on any atom is -0.375 e. The minimum absolute atomic E-state index is 0.0627. The molecule has 1 aromatic carbocycles. The summed E-state index contributed by atoms with van der Waals surface area (Å²) in [5, 5.41) is 5.04. The molecule has 1 aromatic heterocycles. The zero-order chi connectivity index (χ0) is 12.3. The Kier molecular flexibility index (Phi) is 3.24. The van der Waals surface area contributed by atoms with Gasteiger partial charge in [-0.15, -0.1) is 0 Å². The Hall–Kier alpha value is -2.08. The Morgan fingerprint density at radius 1 is 1.41 bits per heavy atom. The number of rotatable bonds is 2. The molecule has 0 aliphatic rings. The molecule has 3 N–H and O–H groups in total. The van der Waals surface area contributed by atoms with E-state index in [0.29, 0.717) is 16.5 Å². The number of hydrazone groups is 1. The van der Waals surface area contributed by atoms with Crippen molar-refractivity contribution in [3.63, 3.8) is 0 Å². The molecule has 0 aliphatic carbocycles. The van der Waals surface area contributed by atoms with Crippen LogP contribution in [0.2, 0.25) is 0 Å². The molecule has 0 saturated heterocycles. The summed E-state index contributed by atoms with van der Waals surface area (Å²) in [6, 6.07) is 6.41. The fourth-order valence-electron chi connectivity index (χ4n) is 1.45. The third-order valence-electron chi connectivity index (χ3n) is 2.15. The first kappa shape index (κ1) is 11.4. The summed E-state index contributed by atoms with van der Waals surface area (Å²) in [5.74, 6) is -0.290. The molecule has 0 aliphatic heterocycles. The summed E-state index contributed by atoms with van der Waals surface area (Å²) in [6.07, 6.45) is 2.97. The van der Waals surface area contributed by atoms with Crippen LogP contribution in [0.4, 0.5) is 4.39 Å². The Morgan fingerprint density at radius 3 is 3.00 bits per heavy atom. The number of nitrogens with two attached hydrogens (primary N) is 1. The molecule has 0 spiro atoms. The lowest BCUT2D eigenvalue weighted by Gasteiger charge is -2.01. The van der Waals surface area contributed by atoms with E-state index in [4.69, 9.17) is 5.73 Å². The fraction of sp³-hybridized carbons (Fsp3) is 0. The molecule has 4 nitrogen and oxygen atoms in total. The van der Waals surface area contributed by atoms with Gasteiger partial charge in [0.25, 0.3) is 0 Å². The maximum Gasteiger partial charge on any atom is 0.184 e. The Bertz CT molecular complexity index is 597. The van der Waals surface area contributed by atoms with Crippen molar-refractivity contribution < 1.29 is 4.39 Å². The molecule has 0 fully saturated rings. The first-order chi connectivity index (χ1) is 8.18. The first-order valence-electron chi connectivity index (χ1n) is 4.80. The van der Waals surface area contributed by atoms with Crippen LogP contribution in [0.1, 0.15) is 5.69 Å². The van der Waals surface area contributed by atoms with E-state index < -0.39 is 0 Å². The van der Waals surface area contributed by atoms with Gasteiger partial charge in [-0.05, 0) is 24.4 Å². The number of nitrogens with one attached hydrogen (secondary N) is 1. The van der Waals surface area contributed by atoms with Crippen molar-refractivity contribution >= 4 is 34.3 Å². The summed E-state index contributed by atoms with van der Waals surface area (Å²) < 4.78 is 13.5. The van der Waals surface area contributed by atoms with Gasteiger partial charge < -0.3 is 5.73 Å². The second kappa shape index (κ2) is 4.84. The van der Waals surface area contributed by atoms with Gasteiger partial charge in [0, 0.05) is 17.0 Å². The summed E-state index contributed by atoms with van der Waals surface area (Å²) in [5.41, 5.74) is 8.18. The van der Waals surface area contributed by atoms with Crippen molar-refractivity contribution in [2.45, 2.75) is 0 Å². The molecule has 0 radical (unpaired) electrons. The Labute approximate surface area is 102 Å². The molecule has 6 heteroatoms. The smallest absolute Gasteiger partial charge is 0.184 e. The Morgan fingerprint density at radius 2 is 2.24 bits per heavy atom. The average Bonchev–Trinajstić information content (AvgIpc) is 2.30. The van der Waals surface area contributed by atoms with E-state index in [-0.39, 0.29) is 10.9 Å². The van der Waals surface area contributed by atoms with Gasteiger partial charge in [-0.25, -0.2) is 4.39 Å². The lowest BCUT2D eigenvalue weighted by Crippen LogP contribution is -2.24. The second-order valence-electron chi connectivity index (χ2n) is 3.27. The zero-order valence-electron chi connectivity index (χ0n) is 8.72. The van der Waals surface area contributed by atoms with Gasteiger partial charge in [-0.2, -0.15) is 5.10 Å². The standard InChI is InChI=1S/C11H9FN4S/c12-9-3-1-2-8-7(9)4-5-14-10(8)6-15-16-11(13)17/h1-6H,(H3,13,16,17). The van der Waals surface area contributed by atoms with Crippen molar-refractivity contribution in [3.05, 3.63) is 42.0 Å². The maximum absolute atomic E-state index is 13.5. The van der Waals surface area contributed by atoms with E-state index in [0.717, 1.165) is 0 Å². The molecule has 0 bridgehead atoms. The van der Waals surface area contributed by atoms with E-state index in [1.165, 1.54) is 18.5 Å². The molecule has 86 valence electrons. The van der Waals surface area contributed by atoms with Crippen LogP contribution < -0.4 is 11.2 Å². The number of aromatic nitrogens is 1. The van der Waals surface area contributed by atoms with Crippen molar-refractivity contribution in [2.24, 2.45) is 10.8 Å².